The van der Waals surface area contributed by atoms with Crippen molar-refractivity contribution in [1.82, 2.24) is 0 Å². The Bertz CT molecular complexity index is 434. The maximum absolute atomic E-state index is 12.2. The van der Waals surface area contributed by atoms with E-state index in [1.54, 1.807) is 0 Å². The van der Waals surface area contributed by atoms with Crippen molar-refractivity contribution < 1.29 is 22.6 Å². The fourth-order valence-corrected chi connectivity index (χ4v) is 2.49. The predicted molar refractivity (Wildman–Crippen MR) is 78.5 cm³/mol. The van der Waals surface area contributed by atoms with Crippen molar-refractivity contribution in [1.29, 1.82) is 0 Å². The minimum Gasteiger partial charge on any atom is -0.348 e. The molecular formula is C17H23F3O2. The zero-order chi connectivity index (χ0) is 16.0. The fraction of sp³-hybridized carbons (Fsp3) is 0.647. The lowest BCUT2D eigenvalue weighted by atomic mass is 10.0. The maximum Gasteiger partial charge on any atom is 0.389 e. The van der Waals surface area contributed by atoms with Crippen molar-refractivity contribution in [2.24, 2.45) is 5.92 Å². The highest BCUT2D eigenvalue weighted by molar-refractivity contribution is 5.23. The van der Waals surface area contributed by atoms with Crippen LogP contribution in [0.2, 0.25) is 0 Å². The molecule has 0 bridgehead atoms. The summed E-state index contributed by atoms with van der Waals surface area (Å²) in [7, 11) is 0. The molecule has 1 heterocycles. The quantitative estimate of drug-likeness (QED) is 0.732. The Labute approximate surface area is 129 Å². The number of halogens is 3. The molecule has 0 spiro atoms. The van der Waals surface area contributed by atoms with Crippen molar-refractivity contribution in [2.75, 3.05) is 13.2 Å². The Hall–Kier alpha value is -1.07. The summed E-state index contributed by atoms with van der Waals surface area (Å²) in [5, 5.41) is 0. The van der Waals surface area contributed by atoms with Crippen LogP contribution in [0.1, 0.15) is 50.0 Å². The first-order valence-corrected chi connectivity index (χ1v) is 7.86. The van der Waals surface area contributed by atoms with Gasteiger partial charge in [0.1, 0.15) is 0 Å². The molecule has 0 aliphatic carbocycles. The number of hydrogen-bond donors (Lipinski definition) is 0. The molecule has 1 fully saturated rings. The van der Waals surface area contributed by atoms with E-state index in [1.807, 2.05) is 12.1 Å². The average molecular weight is 316 g/mol. The molecule has 5 heteroatoms. The second kappa shape index (κ2) is 7.97. The van der Waals surface area contributed by atoms with Gasteiger partial charge in [-0.05, 0) is 24.8 Å². The summed E-state index contributed by atoms with van der Waals surface area (Å²) < 4.78 is 47.7. The van der Waals surface area contributed by atoms with Gasteiger partial charge >= 0.3 is 6.18 Å². The summed E-state index contributed by atoms with van der Waals surface area (Å²) in [4.78, 5) is 0. The molecule has 0 N–H and O–H groups in total. The number of unbranched alkanes of at least 4 members (excludes halogenated alkanes) is 1. The lowest BCUT2D eigenvalue weighted by Crippen LogP contribution is -2.28. The summed E-state index contributed by atoms with van der Waals surface area (Å²) in [5.41, 5.74) is 2.21. The minimum absolute atomic E-state index is 0.0617. The third-order valence-corrected chi connectivity index (χ3v) is 3.87. The zero-order valence-electron chi connectivity index (χ0n) is 12.9. The fourth-order valence-electron chi connectivity index (χ4n) is 2.49. The number of ether oxygens (including phenoxy) is 2. The van der Waals surface area contributed by atoms with E-state index < -0.39 is 18.9 Å². The SMILES string of the molecule is CCCCc1ccc([C@H]2OC[C@H](CCC(F)(F)F)CO2)cc1. The molecule has 22 heavy (non-hydrogen) atoms. The smallest absolute Gasteiger partial charge is 0.348 e. The molecule has 1 aromatic rings. The van der Waals surface area contributed by atoms with Gasteiger partial charge in [0.2, 0.25) is 0 Å². The van der Waals surface area contributed by atoms with Crippen molar-refractivity contribution in [3.8, 4) is 0 Å². The largest absolute Gasteiger partial charge is 0.389 e. The van der Waals surface area contributed by atoms with Crippen LogP contribution in [0.25, 0.3) is 0 Å². The van der Waals surface area contributed by atoms with Gasteiger partial charge in [-0.3, -0.25) is 0 Å². The monoisotopic (exact) mass is 316 g/mol. The van der Waals surface area contributed by atoms with Gasteiger partial charge in [0, 0.05) is 17.9 Å². The second-order valence-electron chi connectivity index (χ2n) is 5.86. The lowest BCUT2D eigenvalue weighted by Gasteiger charge is -2.30. The van der Waals surface area contributed by atoms with Crippen LogP contribution < -0.4 is 0 Å². The average Bonchev–Trinajstić information content (AvgIpc) is 2.51. The first-order valence-electron chi connectivity index (χ1n) is 7.86. The van der Waals surface area contributed by atoms with E-state index in [4.69, 9.17) is 9.47 Å². The van der Waals surface area contributed by atoms with Gasteiger partial charge in [0.05, 0.1) is 13.2 Å². The first-order chi connectivity index (χ1) is 10.5. The van der Waals surface area contributed by atoms with E-state index in [0.717, 1.165) is 24.8 Å². The van der Waals surface area contributed by atoms with Gasteiger partial charge in [-0.1, -0.05) is 37.6 Å². The van der Waals surface area contributed by atoms with Crippen LogP contribution in [0.15, 0.2) is 24.3 Å². The summed E-state index contributed by atoms with van der Waals surface area (Å²) in [6, 6.07) is 8.08. The van der Waals surface area contributed by atoms with Gasteiger partial charge in [-0.15, -0.1) is 0 Å². The van der Waals surface area contributed by atoms with Gasteiger partial charge in [0.15, 0.2) is 6.29 Å². The molecule has 1 aliphatic rings. The van der Waals surface area contributed by atoms with Crippen molar-refractivity contribution >= 4 is 0 Å². The van der Waals surface area contributed by atoms with Crippen LogP contribution in [-0.2, 0) is 15.9 Å². The van der Waals surface area contributed by atoms with E-state index >= 15 is 0 Å². The minimum atomic E-state index is -4.11. The second-order valence-corrected chi connectivity index (χ2v) is 5.86. The molecule has 1 aliphatic heterocycles. The topological polar surface area (TPSA) is 18.5 Å². The number of benzene rings is 1. The van der Waals surface area contributed by atoms with Gasteiger partial charge < -0.3 is 9.47 Å². The normalized spacial score (nSPS) is 22.7. The van der Waals surface area contributed by atoms with Crippen LogP contribution in [0.5, 0.6) is 0 Å². The van der Waals surface area contributed by atoms with Gasteiger partial charge in [-0.25, -0.2) is 0 Å². The highest BCUT2D eigenvalue weighted by Crippen LogP contribution is 2.30. The van der Waals surface area contributed by atoms with E-state index in [-0.39, 0.29) is 12.3 Å². The number of aryl methyl sites for hydroxylation is 1. The summed E-state index contributed by atoms with van der Waals surface area (Å²) in [5.74, 6) is -0.179. The molecule has 0 atom stereocenters. The summed E-state index contributed by atoms with van der Waals surface area (Å²) in [6.45, 7) is 2.80. The molecule has 0 aromatic heterocycles. The Morgan fingerprint density at radius 1 is 1.09 bits per heavy atom. The van der Waals surface area contributed by atoms with Crippen LogP contribution in [0.3, 0.4) is 0 Å². The van der Waals surface area contributed by atoms with E-state index in [9.17, 15) is 13.2 Å². The van der Waals surface area contributed by atoms with Crippen LogP contribution in [-0.4, -0.2) is 19.4 Å². The van der Waals surface area contributed by atoms with E-state index in [0.29, 0.717) is 13.2 Å². The van der Waals surface area contributed by atoms with Crippen molar-refractivity contribution in [3.05, 3.63) is 35.4 Å². The first kappa shape index (κ1) is 17.3. The van der Waals surface area contributed by atoms with Crippen molar-refractivity contribution in [2.45, 2.75) is 51.5 Å². The molecule has 124 valence electrons. The molecule has 2 nitrogen and oxygen atoms in total. The zero-order valence-corrected chi connectivity index (χ0v) is 12.9. The molecule has 2 rings (SSSR count). The Morgan fingerprint density at radius 3 is 2.27 bits per heavy atom. The third kappa shape index (κ3) is 5.61. The highest BCUT2D eigenvalue weighted by Gasteiger charge is 2.30. The molecule has 0 saturated carbocycles. The van der Waals surface area contributed by atoms with Crippen LogP contribution >= 0.6 is 0 Å². The molecule has 1 aromatic carbocycles. The van der Waals surface area contributed by atoms with Crippen molar-refractivity contribution in [3.63, 3.8) is 0 Å². The molecule has 0 radical (unpaired) electrons. The predicted octanol–water partition coefficient (Wildman–Crippen LogP) is 5.03. The van der Waals surface area contributed by atoms with Crippen LogP contribution in [0, 0.1) is 5.92 Å². The molecule has 0 amide bonds. The lowest BCUT2D eigenvalue weighted by molar-refractivity contribution is -0.211. The summed E-state index contributed by atoms with van der Waals surface area (Å²) in [6.07, 6.45) is -1.89. The van der Waals surface area contributed by atoms with Gasteiger partial charge in [-0.2, -0.15) is 13.2 Å². The number of hydrogen-bond acceptors (Lipinski definition) is 2. The summed E-state index contributed by atoms with van der Waals surface area (Å²) >= 11 is 0. The standard InChI is InChI=1S/C17H23F3O2/c1-2-3-4-13-5-7-15(8-6-13)16-21-11-14(12-22-16)9-10-17(18,19)20/h5-8,14,16H,2-4,9-12H2,1H3/t14-,16-. The molecule has 0 unspecified atom stereocenters. The molecular weight excluding hydrogens is 293 g/mol. The highest BCUT2D eigenvalue weighted by atomic mass is 19.4. The Balaban J connectivity index is 1.78. The van der Waals surface area contributed by atoms with E-state index in [1.165, 1.54) is 5.56 Å². The third-order valence-electron chi connectivity index (χ3n) is 3.87. The van der Waals surface area contributed by atoms with Crippen LogP contribution in [0.4, 0.5) is 13.2 Å². The molecule has 1 saturated heterocycles. The Morgan fingerprint density at radius 2 is 1.73 bits per heavy atom. The number of alkyl halides is 3. The maximum atomic E-state index is 12.2. The van der Waals surface area contributed by atoms with Gasteiger partial charge in [0.25, 0.3) is 0 Å². The Kier molecular flexibility index (Phi) is 6.26. The van der Waals surface area contributed by atoms with E-state index in [2.05, 4.69) is 19.1 Å². The number of rotatable bonds is 6.